The molecule has 2 nitrogen and oxygen atoms in total. The second-order valence-electron chi connectivity index (χ2n) is 4.04. The quantitative estimate of drug-likeness (QED) is 0.689. The molecule has 0 bridgehead atoms. The van der Waals surface area contributed by atoms with Crippen molar-refractivity contribution in [2.75, 3.05) is 24.8 Å². The van der Waals surface area contributed by atoms with Gasteiger partial charge < -0.3 is 4.90 Å². The molecule has 0 unspecified atom stereocenters. The number of halogens is 2. The molecule has 0 atom stereocenters. The molecule has 0 spiro atoms. The minimum atomic E-state index is 0.227. The molecule has 4 heteroatoms. The Morgan fingerprint density at radius 2 is 1.60 bits per heavy atom. The van der Waals surface area contributed by atoms with Gasteiger partial charge in [0, 0.05) is 30.8 Å². The van der Waals surface area contributed by atoms with E-state index in [0.717, 1.165) is 12.8 Å². The monoisotopic (exact) mass is 251 g/mol. The molecule has 88 valence electrons. The van der Waals surface area contributed by atoms with Gasteiger partial charge in [-0.15, -0.1) is 23.2 Å². The van der Waals surface area contributed by atoms with Gasteiger partial charge in [-0.3, -0.25) is 4.79 Å². The number of nitrogens with zero attached hydrogens (tertiary/aromatic N) is 1. The Hall–Kier alpha value is 0.0500. The lowest BCUT2D eigenvalue weighted by Crippen LogP contribution is -2.39. The lowest BCUT2D eigenvalue weighted by Gasteiger charge is -2.28. The first kappa shape index (κ1) is 13.1. The molecule has 0 aromatic carbocycles. The molecule has 0 aromatic rings. The van der Waals surface area contributed by atoms with E-state index in [9.17, 15) is 4.79 Å². The standard InChI is InChI=1S/C11H19Cl2NO/c12-6-8-14(9-7-13)11(15)10-4-2-1-3-5-10/h10H,1-9H2. The fourth-order valence-electron chi connectivity index (χ4n) is 2.14. The number of carbonyl (C=O) groups is 1. The maximum atomic E-state index is 12.1. The van der Waals surface area contributed by atoms with Crippen LogP contribution in [0.3, 0.4) is 0 Å². The van der Waals surface area contributed by atoms with Crippen molar-refractivity contribution in [1.29, 1.82) is 0 Å². The molecule has 15 heavy (non-hydrogen) atoms. The molecule has 0 radical (unpaired) electrons. The van der Waals surface area contributed by atoms with Crippen LogP contribution < -0.4 is 0 Å². The van der Waals surface area contributed by atoms with Crippen LogP contribution >= 0.6 is 23.2 Å². The molecule has 0 heterocycles. The molecule has 1 aliphatic carbocycles. The number of carbonyl (C=O) groups excluding carboxylic acids is 1. The van der Waals surface area contributed by atoms with E-state index in [4.69, 9.17) is 23.2 Å². The number of rotatable bonds is 5. The Kier molecular flexibility index (Phi) is 6.42. The summed E-state index contributed by atoms with van der Waals surface area (Å²) in [6.45, 7) is 1.26. The summed E-state index contributed by atoms with van der Waals surface area (Å²) in [6, 6.07) is 0. The molecular formula is C11H19Cl2NO. The summed E-state index contributed by atoms with van der Waals surface area (Å²) in [4.78, 5) is 13.9. The highest BCUT2D eigenvalue weighted by Gasteiger charge is 2.25. The van der Waals surface area contributed by atoms with E-state index < -0.39 is 0 Å². The maximum absolute atomic E-state index is 12.1. The normalized spacial score (nSPS) is 17.7. The Morgan fingerprint density at radius 3 is 2.07 bits per heavy atom. The Labute approximate surface area is 102 Å². The summed E-state index contributed by atoms with van der Waals surface area (Å²) < 4.78 is 0. The first-order valence-electron chi connectivity index (χ1n) is 5.70. The van der Waals surface area contributed by atoms with Crippen molar-refractivity contribution >= 4 is 29.1 Å². The predicted octanol–water partition coefficient (Wildman–Crippen LogP) is 2.87. The van der Waals surface area contributed by atoms with Crippen LogP contribution in [0.4, 0.5) is 0 Å². The second-order valence-corrected chi connectivity index (χ2v) is 4.79. The third-order valence-corrected chi connectivity index (χ3v) is 3.31. The lowest BCUT2D eigenvalue weighted by molar-refractivity contribution is -0.136. The van der Waals surface area contributed by atoms with Crippen LogP contribution in [0.15, 0.2) is 0 Å². The van der Waals surface area contributed by atoms with E-state index >= 15 is 0 Å². The summed E-state index contributed by atoms with van der Waals surface area (Å²) in [5.74, 6) is 1.48. The van der Waals surface area contributed by atoms with Crippen molar-refractivity contribution in [2.45, 2.75) is 32.1 Å². The third kappa shape index (κ3) is 4.20. The van der Waals surface area contributed by atoms with Gasteiger partial charge in [-0.05, 0) is 12.8 Å². The fraction of sp³-hybridized carbons (Fsp3) is 0.909. The van der Waals surface area contributed by atoms with Gasteiger partial charge in [-0.25, -0.2) is 0 Å². The van der Waals surface area contributed by atoms with E-state index in [2.05, 4.69) is 0 Å². The van der Waals surface area contributed by atoms with Gasteiger partial charge in [0.1, 0.15) is 0 Å². The first-order valence-corrected chi connectivity index (χ1v) is 6.77. The highest BCUT2D eigenvalue weighted by molar-refractivity contribution is 6.18. The largest absolute Gasteiger partial charge is 0.340 e. The Balaban J connectivity index is 2.45. The average molecular weight is 252 g/mol. The summed E-state index contributed by atoms with van der Waals surface area (Å²) in [7, 11) is 0. The van der Waals surface area contributed by atoms with Crippen molar-refractivity contribution in [1.82, 2.24) is 4.90 Å². The summed E-state index contributed by atoms with van der Waals surface area (Å²) in [5.41, 5.74) is 0. The lowest BCUT2D eigenvalue weighted by atomic mass is 9.88. The molecule has 1 amide bonds. The van der Waals surface area contributed by atoms with Gasteiger partial charge >= 0.3 is 0 Å². The highest BCUT2D eigenvalue weighted by Crippen LogP contribution is 2.25. The number of amides is 1. The van der Waals surface area contributed by atoms with Crippen LogP contribution in [-0.2, 0) is 4.79 Å². The number of alkyl halides is 2. The zero-order valence-electron chi connectivity index (χ0n) is 9.05. The Morgan fingerprint density at radius 1 is 1.07 bits per heavy atom. The van der Waals surface area contributed by atoms with Crippen molar-refractivity contribution in [3.05, 3.63) is 0 Å². The molecule has 1 aliphatic rings. The molecule has 0 N–H and O–H groups in total. The third-order valence-electron chi connectivity index (χ3n) is 2.97. The van der Waals surface area contributed by atoms with Gasteiger partial charge in [0.15, 0.2) is 0 Å². The van der Waals surface area contributed by atoms with E-state index in [1.54, 1.807) is 0 Å². The molecule has 1 saturated carbocycles. The van der Waals surface area contributed by atoms with Crippen molar-refractivity contribution < 1.29 is 4.79 Å². The zero-order valence-corrected chi connectivity index (χ0v) is 10.6. The van der Waals surface area contributed by atoms with E-state index in [1.165, 1.54) is 19.3 Å². The van der Waals surface area contributed by atoms with Crippen molar-refractivity contribution in [2.24, 2.45) is 5.92 Å². The minimum Gasteiger partial charge on any atom is -0.340 e. The summed E-state index contributed by atoms with van der Waals surface area (Å²) in [5, 5.41) is 0. The topological polar surface area (TPSA) is 20.3 Å². The average Bonchev–Trinajstić information content (AvgIpc) is 2.29. The summed E-state index contributed by atoms with van der Waals surface area (Å²) >= 11 is 11.4. The smallest absolute Gasteiger partial charge is 0.225 e. The van der Waals surface area contributed by atoms with Crippen LogP contribution in [0.5, 0.6) is 0 Å². The van der Waals surface area contributed by atoms with Gasteiger partial charge in [0.2, 0.25) is 5.91 Å². The first-order chi connectivity index (χ1) is 7.29. The number of hydrogen-bond acceptors (Lipinski definition) is 1. The molecular weight excluding hydrogens is 233 g/mol. The van der Waals surface area contributed by atoms with Crippen LogP contribution in [0.25, 0.3) is 0 Å². The molecule has 0 aliphatic heterocycles. The highest BCUT2D eigenvalue weighted by atomic mass is 35.5. The molecule has 0 aromatic heterocycles. The van der Waals surface area contributed by atoms with Crippen LogP contribution in [0.2, 0.25) is 0 Å². The Bertz CT molecular complexity index is 187. The van der Waals surface area contributed by atoms with Crippen LogP contribution in [0, 0.1) is 5.92 Å². The number of hydrogen-bond donors (Lipinski definition) is 0. The van der Waals surface area contributed by atoms with Gasteiger partial charge in [0.05, 0.1) is 0 Å². The SMILES string of the molecule is O=C(C1CCCCC1)N(CCCl)CCCl. The van der Waals surface area contributed by atoms with E-state index in [-0.39, 0.29) is 11.8 Å². The van der Waals surface area contributed by atoms with Crippen LogP contribution in [0.1, 0.15) is 32.1 Å². The molecule has 0 saturated heterocycles. The molecule has 1 rings (SSSR count). The molecule has 1 fully saturated rings. The zero-order chi connectivity index (χ0) is 11.1. The van der Waals surface area contributed by atoms with E-state index in [0.29, 0.717) is 24.8 Å². The predicted molar refractivity (Wildman–Crippen MR) is 64.6 cm³/mol. The van der Waals surface area contributed by atoms with Gasteiger partial charge in [-0.1, -0.05) is 19.3 Å². The van der Waals surface area contributed by atoms with E-state index in [1.807, 2.05) is 4.90 Å². The van der Waals surface area contributed by atoms with Crippen LogP contribution in [-0.4, -0.2) is 35.7 Å². The van der Waals surface area contributed by atoms with Crippen molar-refractivity contribution in [3.63, 3.8) is 0 Å². The van der Waals surface area contributed by atoms with Crippen molar-refractivity contribution in [3.8, 4) is 0 Å². The van der Waals surface area contributed by atoms with Gasteiger partial charge in [-0.2, -0.15) is 0 Å². The fourth-order valence-corrected chi connectivity index (χ4v) is 2.55. The summed E-state index contributed by atoms with van der Waals surface area (Å²) in [6.07, 6.45) is 5.73. The minimum absolute atomic E-state index is 0.227. The van der Waals surface area contributed by atoms with Gasteiger partial charge in [0.25, 0.3) is 0 Å². The maximum Gasteiger partial charge on any atom is 0.225 e. The second kappa shape index (κ2) is 7.34.